The lowest BCUT2D eigenvalue weighted by atomic mass is 10.1. The van der Waals surface area contributed by atoms with Crippen LogP contribution < -0.4 is 15.4 Å². The zero-order chi connectivity index (χ0) is 20.4. The summed E-state index contributed by atoms with van der Waals surface area (Å²) in [4.78, 5) is 24.5. The highest BCUT2D eigenvalue weighted by Crippen LogP contribution is 2.21. The quantitative estimate of drug-likeness (QED) is 0.534. The van der Waals surface area contributed by atoms with Crippen molar-refractivity contribution >= 4 is 23.2 Å². The van der Waals surface area contributed by atoms with Gasteiger partial charge >= 0.3 is 0 Å². The Kier molecular flexibility index (Phi) is 8.53. The lowest BCUT2D eigenvalue weighted by Crippen LogP contribution is -2.15. The van der Waals surface area contributed by atoms with E-state index in [2.05, 4.69) is 17.6 Å². The van der Waals surface area contributed by atoms with Gasteiger partial charge in [-0.1, -0.05) is 45.7 Å². The Balaban J connectivity index is 1.96. The molecule has 2 amide bonds. The van der Waals surface area contributed by atoms with Crippen LogP contribution in [-0.4, -0.2) is 18.4 Å². The van der Waals surface area contributed by atoms with Gasteiger partial charge in [0, 0.05) is 17.8 Å². The van der Waals surface area contributed by atoms with E-state index in [1.165, 1.54) is 0 Å². The van der Waals surface area contributed by atoms with E-state index in [1.807, 2.05) is 32.0 Å². The minimum Gasteiger partial charge on any atom is -0.493 e. The topological polar surface area (TPSA) is 67.4 Å². The van der Waals surface area contributed by atoms with Gasteiger partial charge < -0.3 is 15.4 Å². The van der Waals surface area contributed by atoms with Crippen LogP contribution in [0.4, 0.5) is 11.4 Å². The van der Waals surface area contributed by atoms with Crippen molar-refractivity contribution in [3.63, 3.8) is 0 Å². The van der Waals surface area contributed by atoms with Crippen molar-refractivity contribution in [1.82, 2.24) is 0 Å². The number of benzene rings is 2. The van der Waals surface area contributed by atoms with Crippen molar-refractivity contribution in [3.8, 4) is 5.75 Å². The fraction of sp³-hybridized carbons (Fsp3) is 0.391. The lowest BCUT2D eigenvalue weighted by molar-refractivity contribution is -0.116. The normalized spacial score (nSPS) is 10.6. The summed E-state index contributed by atoms with van der Waals surface area (Å²) in [5.74, 6) is 0.667. The number of para-hydroxylation sites is 1. The first-order chi connectivity index (χ1) is 13.5. The Morgan fingerprint density at radius 1 is 0.929 bits per heavy atom. The fourth-order valence-electron chi connectivity index (χ4n) is 2.73. The second-order valence-corrected chi connectivity index (χ2v) is 7.23. The second-order valence-electron chi connectivity index (χ2n) is 7.23. The average molecular weight is 383 g/mol. The summed E-state index contributed by atoms with van der Waals surface area (Å²) in [5, 5.41) is 5.74. The van der Waals surface area contributed by atoms with E-state index in [9.17, 15) is 9.59 Å². The Morgan fingerprint density at radius 2 is 1.57 bits per heavy atom. The van der Waals surface area contributed by atoms with Crippen LogP contribution in [0.25, 0.3) is 0 Å². The van der Waals surface area contributed by atoms with Gasteiger partial charge in [-0.25, -0.2) is 0 Å². The van der Waals surface area contributed by atoms with Crippen LogP contribution in [0.1, 0.15) is 56.8 Å². The molecule has 2 aromatic carbocycles. The maximum Gasteiger partial charge on any atom is 0.259 e. The SMILES string of the molecule is CCCCCOc1ccccc1C(=O)Nc1ccc(NC(=O)CC(C)C)cc1. The van der Waals surface area contributed by atoms with Gasteiger partial charge in [0.05, 0.1) is 12.2 Å². The van der Waals surface area contributed by atoms with Crippen LogP contribution in [0.5, 0.6) is 5.75 Å². The van der Waals surface area contributed by atoms with Gasteiger partial charge in [0.15, 0.2) is 0 Å². The fourth-order valence-corrected chi connectivity index (χ4v) is 2.73. The summed E-state index contributed by atoms with van der Waals surface area (Å²) in [6, 6.07) is 14.4. The molecule has 0 aliphatic carbocycles. The van der Waals surface area contributed by atoms with Crippen LogP contribution in [0.3, 0.4) is 0 Å². The smallest absolute Gasteiger partial charge is 0.259 e. The van der Waals surface area contributed by atoms with Crippen molar-refractivity contribution in [2.45, 2.75) is 46.5 Å². The molecule has 150 valence electrons. The first-order valence-electron chi connectivity index (χ1n) is 9.92. The molecule has 0 saturated heterocycles. The molecule has 0 aromatic heterocycles. The molecule has 0 bridgehead atoms. The molecular formula is C23H30N2O3. The molecule has 28 heavy (non-hydrogen) atoms. The van der Waals surface area contributed by atoms with Crippen molar-refractivity contribution in [2.24, 2.45) is 5.92 Å². The highest BCUT2D eigenvalue weighted by molar-refractivity contribution is 6.06. The molecule has 2 aromatic rings. The minimum absolute atomic E-state index is 0.0130. The Morgan fingerprint density at radius 3 is 2.21 bits per heavy atom. The summed E-state index contributed by atoms with van der Waals surface area (Å²) < 4.78 is 5.78. The zero-order valence-electron chi connectivity index (χ0n) is 17.0. The summed E-state index contributed by atoms with van der Waals surface area (Å²) in [5.41, 5.74) is 1.88. The Hall–Kier alpha value is -2.82. The van der Waals surface area contributed by atoms with Gasteiger partial charge in [-0.05, 0) is 48.7 Å². The zero-order valence-corrected chi connectivity index (χ0v) is 17.0. The third-order valence-electron chi connectivity index (χ3n) is 4.16. The molecule has 5 heteroatoms. The van der Waals surface area contributed by atoms with Crippen LogP contribution in [-0.2, 0) is 4.79 Å². The van der Waals surface area contributed by atoms with E-state index in [-0.39, 0.29) is 11.8 Å². The predicted molar refractivity (Wildman–Crippen MR) is 114 cm³/mol. The molecule has 0 saturated carbocycles. The molecule has 0 aliphatic rings. The number of anilines is 2. The van der Waals surface area contributed by atoms with E-state index in [0.29, 0.717) is 41.6 Å². The number of unbranched alkanes of at least 4 members (excludes halogenated alkanes) is 2. The first kappa shape index (κ1) is 21.5. The van der Waals surface area contributed by atoms with Gasteiger partial charge in [-0.15, -0.1) is 0 Å². The van der Waals surface area contributed by atoms with E-state index in [1.54, 1.807) is 30.3 Å². The number of rotatable bonds is 10. The van der Waals surface area contributed by atoms with E-state index >= 15 is 0 Å². The molecule has 5 nitrogen and oxygen atoms in total. The molecule has 0 heterocycles. The summed E-state index contributed by atoms with van der Waals surface area (Å²) in [6.45, 7) is 6.75. The van der Waals surface area contributed by atoms with Gasteiger partial charge in [-0.2, -0.15) is 0 Å². The molecule has 0 radical (unpaired) electrons. The van der Waals surface area contributed by atoms with E-state index in [0.717, 1.165) is 19.3 Å². The highest BCUT2D eigenvalue weighted by Gasteiger charge is 2.12. The molecule has 0 fully saturated rings. The number of ether oxygens (including phenoxy) is 1. The molecule has 0 spiro atoms. The second kappa shape index (κ2) is 11.1. The van der Waals surface area contributed by atoms with Crippen LogP contribution >= 0.6 is 0 Å². The largest absolute Gasteiger partial charge is 0.493 e. The lowest BCUT2D eigenvalue weighted by Gasteiger charge is -2.12. The molecule has 0 unspecified atom stereocenters. The summed E-state index contributed by atoms with van der Waals surface area (Å²) >= 11 is 0. The number of nitrogens with one attached hydrogen (secondary N) is 2. The van der Waals surface area contributed by atoms with Gasteiger partial charge in [0.25, 0.3) is 5.91 Å². The van der Waals surface area contributed by atoms with Gasteiger partial charge in [0.2, 0.25) is 5.91 Å². The van der Waals surface area contributed by atoms with Crippen LogP contribution in [0, 0.1) is 5.92 Å². The molecule has 2 N–H and O–H groups in total. The van der Waals surface area contributed by atoms with Crippen LogP contribution in [0.2, 0.25) is 0 Å². The number of hydrogen-bond donors (Lipinski definition) is 2. The number of hydrogen-bond acceptors (Lipinski definition) is 3. The minimum atomic E-state index is -0.220. The number of carbonyl (C=O) groups excluding carboxylic acids is 2. The monoisotopic (exact) mass is 382 g/mol. The molecule has 2 rings (SSSR count). The number of amides is 2. The van der Waals surface area contributed by atoms with Crippen molar-refractivity contribution in [1.29, 1.82) is 0 Å². The van der Waals surface area contributed by atoms with Crippen LogP contribution in [0.15, 0.2) is 48.5 Å². The molecular weight excluding hydrogens is 352 g/mol. The van der Waals surface area contributed by atoms with E-state index < -0.39 is 0 Å². The van der Waals surface area contributed by atoms with Crippen molar-refractivity contribution < 1.29 is 14.3 Å². The Labute approximate surface area is 167 Å². The first-order valence-corrected chi connectivity index (χ1v) is 9.92. The summed E-state index contributed by atoms with van der Waals surface area (Å²) in [6.07, 6.45) is 3.68. The predicted octanol–water partition coefficient (Wildman–Crippen LogP) is 5.49. The maximum atomic E-state index is 12.6. The number of carbonyl (C=O) groups is 2. The Bertz CT molecular complexity index is 770. The molecule has 0 aliphatic heterocycles. The summed E-state index contributed by atoms with van der Waals surface area (Å²) in [7, 11) is 0. The third kappa shape index (κ3) is 7.06. The standard InChI is InChI=1S/C23H30N2O3/c1-4-5-8-15-28-21-10-7-6-9-20(21)23(27)25-19-13-11-18(12-14-19)24-22(26)16-17(2)3/h6-7,9-14,17H,4-5,8,15-16H2,1-3H3,(H,24,26)(H,25,27). The van der Waals surface area contributed by atoms with Crippen molar-refractivity contribution in [3.05, 3.63) is 54.1 Å². The third-order valence-corrected chi connectivity index (χ3v) is 4.16. The van der Waals surface area contributed by atoms with E-state index in [4.69, 9.17) is 4.74 Å². The average Bonchev–Trinajstić information content (AvgIpc) is 2.66. The van der Waals surface area contributed by atoms with Gasteiger partial charge in [-0.3, -0.25) is 9.59 Å². The van der Waals surface area contributed by atoms with Crippen molar-refractivity contribution in [2.75, 3.05) is 17.2 Å². The molecule has 0 atom stereocenters. The van der Waals surface area contributed by atoms with Gasteiger partial charge in [0.1, 0.15) is 5.75 Å². The maximum absolute atomic E-state index is 12.6. The highest BCUT2D eigenvalue weighted by atomic mass is 16.5.